The van der Waals surface area contributed by atoms with Gasteiger partial charge in [0.2, 0.25) is 0 Å². The maximum absolute atomic E-state index is 9.44. The van der Waals surface area contributed by atoms with Crippen LogP contribution >= 0.6 is 0 Å². The highest BCUT2D eigenvalue weighted by molar-refractivity contribution is 5.88. The minimum Gasteiger partial charge on any atom is -0.411 e. The van der Waals surface area contributed by atoms with Crippen LogP contribution in [-0.4, -0.2) is 10.9 Å². The van der Waals surface area contributed by atoms with Crippen LogP contribution in [0.3, 0.4) is 0 Å². The number of rotatable bonds is 2. The Kier molecular flexibility index (Phi) is 4.49. The van der Waals surface area contributed by atoms with Crippen LogP contribution in [0.4, 0.5) is 0 Å². The van der Waals surface area contributed by atoms with Gasteiger partial charge in [0.05, 0.1) is 5.71 Å². The second-order valence-corrected chi connectivity index (χ2v) is 6.60. The summed E-state index contributed by atoms with van der Waals surface area (Å²) >= 11 is 0. The van der Waals surface area contributed by atoms with Crippen LogP contribution in [0.15, 0.2) is 53.7 Å². The van der Waals surface area contributed by atoms with E-state index in [1.54, 1.807) is 0 Å². The van der Waals surface area contributed by atoms with Crippen molar-refractivity contribution < 1.29 is 5.21 Å². The molecule has 0 aromatic heterocycles. The second-order valence-electron chi connectivity index (χ2n) is 6.60. The van der Waals surface area contributed by atoms with Crippen LogP contribution in [0, 0.1) is 19.8 Å². The molecule has 2 aromatic carbocycles. The van der Waals surface area contributed by atoms with E-state index in [1.165, 1.54) is 22.3 Å². The maximum Gasteiger partial charge on any atom is 0.0636 e. The predicted octanol–water partition coefficient (Wildman–Crippen LogP) is 4.55. The van der Waals surface area contributed by atoms with Gasteiger partial charge in [-0.15, -0.1) is 0 Å². The zero-order chi connectivity index (χ0) is 16.4. The van der Waals surface area contributed by atoms with Crippen LogP contribution in [0.1, 0.15) is 47.7 Å². The molecule has 3 unspecified atom stereocenters. The van der Waals surface area contributed by atoms with Gasteiger partial charge in [-0.25, -0.2) is 0 Å². The predicted molar refractivity (Wildman–Crippen MR) is 94.0 cm³/mol. The Balaban J connectivity index is 1.92. The van der Waals surface area contributed by atoms with Gasteiger partial charge < -0.3 is 10.5 Å². The third kappa shape index (κ3) is 3.30. The van der Waals surface area contributed by atoms with Gasteiger partial charge in [-0.3, -0.25) is 0 Å². The number of nitrogens with one attached hydrogen (secondary N) is 1. The van der Waals surface area contributed by atoms with Crippen molar-refractivity contribution in [1.29, 1.82) is 0 Å². The third-order valence-corrected chi connectivity index (χ3v) is 4.86. The molecule has 1 heterocycles. The molecular weight excluding hydrogens is 284 g/mol. The molecule has 0 spiro atoms. The second kappa shape index (κ2) is 6.55. The van der Waals surface area contributed by atoms with Gasteiger partial charge in [0.1, 0.15) is 0 Å². The van der Waals surface area contributed by atoms with E-state index in [9.17, 15) is 5.21 Å². The first kappa shape index (κ1) is 15.8. The van der Waals surface area contributed by atoms with Gasteiger partial charge >= 0.3 is 0 Å². The normalized spacial score (nSPS) is 26.4. The van der Waals surface area contributed by atoms with Gasteiger partial charge in [0.25, 0.3) is 0 Å². The van der Waals surface area contributed by atoms with Crippen molar-refractivity contribution in [2.45, 2.75) is 39.3 Å². The van der Waals surface area contributed by atoms with Gasteiger partial charge in [-0.2, -0.15) is 0 Å². The summed E-state index contributed by atoms with van der Waals surface area (Å²) in [5, 5.41) is 16.8. The summed E-state index contributed by atoms with van der Waals surface area (Å²) in [4.78, 5) is 0. The van der Waals surface area contributed by atoms with E-state index in [1.807, 2.05) is 0 Å². The Morgan fingerprint density at radius 1 is 0.913 bits per heavy atom. The standard InChI is InChI=1S/C20H24N2O/c1-13-4-8-16(9-5-13)19-12-18(22-23)15(3)20(21-19)17-10-6-14(2)7-11-17/h4-11,15,19-21,23H,12H2,1-3H3/b22-18-. The zero-order valence-corrected chi connectivity index (χ0v) is 14.0. The lowest BCUT2D eigenvalue weighted by Gasteiger charge is -2.37. The zero-order valence-electron chi connectivity index (χ0n) is 14.0. The fourth-order valence-corrected chi connectivity index (χ4v) is 3.31. The summed E-state index contributed by atoms with van der Waals surface area (Å²) in [6.07, 6.45) is 0.739. The molecule has 1 aliphatic rings. The third-order valence-electron chi connectivity index (χ3n) is 4.86. The molecule has 2 N–H and O–H groups in total. The Bertz CT molecular complexity index is 689. The summed E-state index contributed by atoms with van der Waals surface area (Å²) in [6, 6.07) is 17.5. The first-order valence-electron chi connectivity index (χ1n) is 8.18. The van der Waals surface area contributed by atoms with Gasteiger partial charge in [-0.1, -0.05) is 71.7 Å². The molecule has 2 aromatic rings. The summed E-state index contributed by atoms with van der Waals surface area (Å²) in [7, 11) is 0. The topological polar surface area (TPSA) is 44.6 Å². The summed E-state index contributed by atoms with van der Waals surface area (Å²) in [6.45, 7) is 6.31. The lowest BCUT2D eigenvalue weighted by molar-refractivity contribution is 0.294. The summed E-state index contributed by atoms with van der Waals surface area (Å²) in [5.74, 6) is 0.171. The highest BCUT2D eigenvalue weighted by atomic mass is 16.4. The molecule has 23 heavy (non-hydrogen) atoms. The highest BCUT2D eigenvalue weighted by Crippen LogP contribution is 2.35. The molecule has 1 aliphatic heterocycles. The number of hydrogen-bond acceptors (Lipinski definition) is 3. The van der Waals surface area contributed by atoms with Gasteiger partial charge in [0.15, 0.2) is 0 Å². The molecule has 0 amide bonds. The van der Waals surface area contributed by atoms with Crippen LogP contribution in [0.2, 0.25) is 0 Å². The van der Waals surface area contributed by atoms with Crippen molar-refractivity contribution >= 4 is 5.71 Å². The van der Waals surface area contributed by atoms with E-state index in [4.69, 9.17) is 0 Å². The summed E-state index contributed by atoms with van der Waals surface area (Å²) < 4.78 is 0. The van der Waals surface area contributed by atoms with Gasteiger partial charge in [0, 0.05) is 24.4 Å². The lowest BCUT2D eigenvalue weighted by Crippen LogP contribution is -2.41. The van der Waals surface area contributed by atoms with E-state index in [0.29, 0.717) is 0 Å². The van der Waals surface area contributed by atoms with E-state index in [2.05, 4.69) is 79.8 Å². The lowest BCUT2D eigenvalue weighted by atomic mass is 9.81. The molecule has 0 radical (unpaired) electrons. The maximum atomic E-state index is 9.44. The fourth-order valence-electron chi connectivity index (χ4n) is 3.31. The minimum atomic E-state index is 0.154. The number of benzene rings is 2. The van der Waals surface area contributed by atoms with Crippen molar-refractivity contribution in [3.8, 4) is 0 Å². The Morgan fingerprint density at radius 2 is 1.43 bits per heavy atom. The molecule has 3 rings (SSSR count). The smallest absolute Gasteiger partial charge is 0.0636 e. The Labute approximate surface area is 138 Å². The number of oxime groups is 1. The van der Waals surface area contributed by atoms with E-state index in [-0.39, 0.29) is 18.0 Å². The SMILES string of the molecule is Cc1ccc(C2C/C(=N/O)C(C)C(c3ccc(C)cc3)N2)cc1. The molecule has 3 atom stereocenters. The average Bonchev–Trinajstić information content (AvgIpc) is 2.57. The fraction of sp³-hybridized carbons (Fsp3) is 0.350. The molecule has 0 aliphatic carbocycles. The Morgan fingerprint density at radius 3 is 1.96 bits per heavy atom. The first-order valence-corrected chi connectivity index (χ1v) is 8.18. The molecular formula is C20H24N2O. The van der Waals surface area contributed by atoms with Gasteiger partial charge in [-0.05, 0) is 25.0 Å². The van der Waals surface area contributed by atoms with Crippen molar-refractivity contribution in [1.82, 2.24) is 5.32 Å². The van der Waals surface area contributed by atoms with Crippen molar-refractivity contribution in [3.05, 3.63) is 70.8 Å². The molecule has 3 nitrogen and oxygen atoms in total. The summed E-state index contributed by atoms with van der Waals surface area (Å²) in [5.41, 5.74) is 5.84. The quantitative estimate of drug-likeness (QED) is 0.631. The monoisotopic (exact) mass is 308 g/mol. The minimum absolute atomic E-state index is 0.154. The van der Waals surface area contributed by atoms with E-state index in [0.717, 1.165) is 12.1 Å². The van der Waals surface area contributed by atoms with Crippen LogP contribution in [0.25, 0.3) is 0 Å². The van der Waals surface area contributed by atoms with E-state index >= 15 is 0 Å². The number of piperidine rings is 1. The van der Waals surface area contributed by atoms with E-state index < -0.39 is 0 Å². The molecule has 0 bridgehead atoms. The molecule has 1 saturated heterocycles. The number of aryl methyl sites for hydroxylation is 2. The average molecular weight is 308 g/mol. The number of nitrogens with zero attached hydrogens (tertiary/aromatic N) is 1. The van der Waals surface area contributed by atoms with Crippen molar-refractivity contribution in [3.63, 3.8) is 0 Å². The largest absolute Gasteiger partial charge is 0.411 e. The molecule has 1 fully saturated rings. The van der Waals surface area contributed by atoms with Crippen LogP contribution < -0.4 is 5.32 Å². The molecule has 120 valence electrons. The number of hydrogen-bond donors (Lipinski definition) is 2. The van der Waals surface area contributed by atoms with Crippen LogP contribution in [-0.2, 0) is 0 Å². The van der Waals surface area contributed by atoms with Crippen molar-refractivity contribution in [2.75, 3.05) is 0 Å². The molecule has 0 saturated carbocycles. The Hall–Kier alpha value is -2.13. The van der Waals surface area contributed by atoms with Crippen LogP contribution in [0.5, 0.6) is 0 Å². The first-order chi connectivity index (χ1) is 11.1. The van der Waals surface area contributed by atoms with Crippen molar-refractivity contribution in [2.24, 2.45) is 11.1 Å². The highest BCUT2D eigenvalue weighted by Gasteiger charge is 2.33. The molecule has 3 heteroatoms.